The Bertz CT molecular complexity index is 622. The Balaban J connectivity index is 2.27. The molecule has 2 N–H and O–H groups in total. The zero-order valence-corrected chi connectivity index (χ0v) is 13.1. The maximum atomic E-state index is 5.75. The Morgan fingerprint density at radius 1 is 1.50 bits per heavy atom. The van der Waals surface area contributed by atoms with Gasteiger partial charge in [0, 0.05) is 10.0 Å². The highest BCUT2D eigenvalue weighted by Crippen LogP contribution is 2.22. The number of ether oxygens (including phenoxy) is 1. The number of aromatic nitrogens is 2. The molecule has 0 bridgehead atoms. The highest BCUT2D eigenvalue weighted by atomic mass is 79.9. The highest BCUT2D eigenvalue weighted by molar-refractivity contribution is 9.10. The summed E-state index contributed by atoms with van der Waals surface area (Å²) >= 11 is 3.45. The molecule has 0 atom stereocenters. The van der Waals surface area contributed by atoms with Crippen molar-refractivity contribution in [2.75, 3.05) is 12.3 Å². The molecule has 1 heterocycles. The number of nitrogen functional groups attached to an aromatic ring is 1. The molecule has 1 aromatic carbocycles. The SMILES string of the molecule is CCCOc1ccc(Br)cc1C=Nn1cc(C)nc1N. The lowest BCUT2D eigenvalue weighted by atomic mass is 10.2. The lowest BCUT2D eigenvalue weighted by Gasteiger charge is -2.08. The molecule has 0 unspecified atom stereocenters. The first-order chi connectivity index (χ1) is 9.60. The van der Waals surface area contributed by atoms with Crippen molar-refractivity contribution in [1.29, 1.82) is 0 Å². The lowest BCUT2D eigenvalue weighted by Crippen LogP contribution is -2.00. The molecular weight excluding hydrogens is 320 g/mol. The van der Waals surface area contributed by atoms with Crippen LogP contribution < -0.4 is 10.5 Å². The molecule has 0 saturated heterocycles. The average molecular weight is 337 g/mol. The summed E-state index contributed by atoms with van der Waals surface area (Å²) in [6, 6.07) is 5.82. The van der Waals surface area contributed by atoms with Crippen LogP contribution in [0.15, 0.2) is 34.0 Å². The molecule has 106 valence electrons. The number of benzene rings is 1. The quantitative estimate of drug-likeness (QED) is 0.852. The van der Waals surface area contributed by atoms with Crippen molar-refractivity contribution in [1.82, 2.24) is 9.66 Å². The minimum absolute atomic E-state index is 0.366. The van der Waals surface area contributed by atoms with Crippen LogP contribution in [0, 0.1) is 6.92 Å². The lowest BCUT2D eigenvalue weighted by molar-refractivity contribution is 0.317. The highest BCUT2D eigenvalue weighted by Gasteiger charge is 2.04. The Hall–Kier alpha value is -1.82. The topological polar surface area (TPSA) is 65.4 Å². The largest absolute Gasteiger partial charge is 0.493 e. The van der Waals surface area contributed by atoms with E-state index in [1.54, 1.807) is 17.1 Å². The summed E-state index contributed by atoms with van der Waals surface area (Å²) in [4.78, 5) is 4.10. The number of nitrogens with two attached hydrogens (primary N) is 1. The minimum atomic E-state index is 0.366. The number of hydrogen-bond acceptors (Lipinski definition) is 4. The predicted molar refractivity (Wildman–Crippen MR) is 84.3 cm³/mol. The fourth-order valence-corrected chi connectivity index (χ4v) is 2.06. The molecule has 2 rings (SSSR count). The molecule has 0 saturated carbocycles. The van der Waals surface area contributed by atoms with Crippen molar-refractivity contribution in [3.8, 4) is 5.75 Å². The molecule has 0 radical (unpaired) electrons. The summed E-state index contributed by atoms with van der Waals surface area (Å²) in [5, 5.41) is 4.31. The van der Waals surface area contributed by atoms with Gasteiger partial charge in [-0.1, -0.05) is 22.9 Å². The van der Waals surface area contributed by atoms with Crippen molar-refractivity contribution in [2.24, 2.45) is 5.10 Å². The molecule has 2 aromatic rings. The first-order valence-electron chi connectivity index (χ1n) is 6.38. The predicted octanol–water partition coefficient (Wildman–Crippen LogP) is 3.21. The summed E-state index contributed by atoms with van der Waals surface area (Å²) in [7, 11) is 0. The number of imidazole rings is 1. The van der Waals surface area contributed by atoms with Crippen molar-refractivity contribution in [3.05, 3.63) is 40.1 Å². The van der Waals surface area contributed by atoms with Gasteiger partial charge in [0.2, 0.25) is 5.95 Å². The van der Waals surface area contributed by atoms with Crippen molar-refractivity contribution in [2.45, 2.75) is 20.3 Å². The zero-order chi connectivity index (χ0) is 14.5. The maximum Gasteiger partial charge on any atom is 0.221 e. The standard InChI is InChI=1S/C14H17BrN4O/c1-3-6-20-13-5-4-12(15)7-11(13)8-17-19-9-10(2)18-14(19)16/h4-5,7-9H,3,6H2,1-2H3,(H2,16,18). The Morgan fingerprint density at radius 3 is 2.95 bits per heavy atom. The third-order valence-electron chi connectivity index (χ3n) is 2.59. The monoisotopic (exact) mass is 336 g/mol. The van der Waals surface area contributed by atoms with E-state index < -0.39 is 0 Å². The van der Waals surface area contributed by atoms with E-state index in [1.807, 2.05) is 25.1 Å². The number of anilines is 1. The molecular formula is C14H17BrN4O. The van der Waals surface area contributed by atoms with E-state index in [2.05, 4.69) is 32.9 Å². The van der Waals surface area contributed by atoms with E-state index in [-0.39, 0.29) is 0 Å². The molecule has 1 aromatic heterocycles. The van der Waals surface area contributed by atoms with Crippen LogP contribution in [-0.2, 0) is 0 Å². The van der Waals surface area contributed by atoms with E-state index in [4.69, 9.17) is 10.5 Å². The first-order valence-corrected chi connectivity index (χ1v) is 7.17. The van der Waals surface area contributed by atoms with Gasteiger partial charge in [-0.3, -0.25) is 0 Å². The molecule has 6 heteroatoms. The van der Waals surface area contributed by atoms with Gasteiger partial charge >= 0.3 is 0 Å². The molecule has 20 heavy (non-hydrogen) atoms. The third kappa shape index (κ3) is 3.60. The molecule has 0 spiro atoms. The van der Waals surface area contributed by atoms with E-state index in [0.29, 0.717) is 12.6 Å². The van der Waals surface area contributed by atoms with Gasteiger partial charge in [0.05, 0.1) is 24.7 Å². The van der Waals surface area contributed by atoms with Gasteiger partial charge < -0.3 is 10.5 Å². The van der Waals surface area contributed by atoms with Gasteiger partial charge in [0.15, 0.2) is 0 Å². The normalized spacial score (nSPS) is 11.2. The molecule has 5 nitrogen and oxygen atoms in total. The van der Waals surface area contributed by atoms with Crippen molar-refractivity contribution >= 4 is 28.1 Å². The van der Waals surface area contributed by atoms with E-state index >= 15 is 0 Å². The zero-order valence-electron chi connectivity index (χ0n) is 11.5. The minimum Gasteiger partial charge on any atom is -0.493 e. The summed E-state index contributed by atoms with van der Waals surface area (Å²) in [6.45, 7) is 4.62. The smallest absolute Gasteiger partial charge is 0.221 e. The van der Waals surface area contributed by atoms with Crippen LogP contribution in [0.3, 0.4) is 0 Å². The first kappa shape index (κ1) is 14.6. The number of hydrogen-bond donors (Lipinski definition) is 1. The second-order valence-electron chi connectivity index (χ2n) is 4.36. The summed E-state index contributed by atoms with van der Waals surface area (Å²) in [6.07, 6.45) is 4.45. The van der Waals surface area contributed by atoms with Crippen LogP contribution in [0.1, 0.15) is 24.6 Å². The number of nitrogens with zero attached hydrogens (tertiary/aromatic N) is 3. The Kier molecular flexibility index (Phi) is 4.79. The molecule has 0 aliphatic rings. The van der Waals surface area contributed by atoms with Gasteiger partial charge in [-0.2, -0.15) is 5.10 Å². The molecule has 0 aliphatic carbocycles. The molecule has 0 fully saturated rings. The maximum absolute atomic E-state index is 5.75. The third-order valence-corrected chi connectivity index (χ3v) is 3.08. The fraction of sp³-hybridized carbons (Fsp3) is 0.286. The van der Waals surface area contributed by atoms with Gasteiger partial charge in [-0.25, -0.2) is 9.66 Å². The van der Waals surface area contributed by atoms with Gasteiger partial charge in [0.1, 0.15) is 5.75 Å². The summed E-state index contributed by atoms with van der Waals surface area (Å²) in [5.41, 5.74) is 7.47. The van der Waals surface area contributed by atoms with Crippen molar-refractivity contribution < 1.29 is 4.74 Å². The van der Waals surface area contributed by atoms with Crippen LogP contribution in [0.25, 0.3) is 0 Å². The van der Waals surface area contributed by atoms with Crippen LogP contribution in [0.4, 0.5) is 5.95 Å². The van der Waals surface area contributed by atoms with Gasteiger partial charge in [-0.05, 0) is 31.5 Å². The Labute approximate surface area is 126 Å². The molecule has 0 amide bonds. The van der Waals surface area contributed by atoms with Crippen molar-refractivity contribution in [3.63, 3.8) is 0 Å². The summed E-state index contributed by atoms with van der Waals surface area (Å²) in [5.74, 6) is 1.17. The van der Waals surface area contributed by atoms with Crippen LogP contribution in [-0.4, -0.2) is 22.5 Å². The van der Waals surface area contributed by atoms with Gasteiger partial charge in [0.25, 0.3) is 0 Å². The number of halogens is 1. The second kappa shape index (κ2) is 6.56. The number of rotatable bonds is 5. The van der Waals surface area contributed by atoms with E-state index in [9.17, 15) is 0 Å². The second-order valence-corrected chi connectivity index (χ2v) is 5.28. The number of aryl methyl sites for hydroxylation is 1. The van der Waals surface area contributed by atoms with Gasteiger partial charge in [-0.15, -0.1) is 0 Å². The Morgan fingerprint density at radius 2 is 2.30 bits per heavy atom. The van der Waals surface area contributed by atoms with Crippen LogP contribution >= 0.6 is 15.9 Å². The van der Waals surface area contributed by atoms with Crippen LogP contribution in [0.2, 0.25) is 0 Å². The molecule has 0 aliphatic heterocycles. The van der Waals surface area contributed by atoms with E-state index in [1.165, 1.54) is 0 Å². The fourth-order valence-electron chi connectivity index (χ4n) is 1.68. The average Bonchev–Trinajstić information content (AvgIpc) is 2.73. The summed E-state index contributed by atoms with van der Waals surface area (Å²) < 4.78 is 8.21. The van der Waals surface area contributed by atoms with E-state index in [0.717, 1.165) is 27.9 Å². The van der Waals surface area contributed by atoms with Crippen LogP contribution in [0.5, 0.6) is 5.75 Å².